The van der Waals surface area contributed by atoms with Crippen LogP contribution in [-0.2, 0) is 0 Å². The number of nitrogens with two attached hydrogens (primary N) is 2. The molecule has 0 atom stereocenters. The van der Waals surface area contributed by atoms with Crippen LogP contribution in [-0.4, -0.2) is 5.91 Å². The zero-order chi connectivity index (χ0) is 13.9. The Hall–Kier alpha value is -2.81. The van der Waals surface area contributed by atoms with Gasteiger partial charge in [0.2, 0.25) is 5.91 Å². The number of nitrogen functional groups attached to an aromatic ring is 1. The Morgan fingerprint density at radius 3 is 2.20 bits per heavy atom. The molecule has 20 heavy (non-hydrogen) atoms. The van der Waals surface area contributed by atoms with Gasteiger partial charge in [0.1, 0.15) is 0 Å². The van der Waals surface area contributed by atoms with E-state index in [0.29, 0.717) is 11.3 Å². The highest BCUT2D eigenvalue weighted by molar-refractivity contribution is 6.29. The Morgan fingerprint density at radius 1 is 0.800 bits per heavy atom. The van der Waals surface area contributed by atoms with Gasteiger partial charge in [0.25, 0.3) is 0 Å². The maximum Gasteiger partial charge on any atom is 0.249 e. The third-order valence-corrected chi connectivity index (χ3v) is 3.93. The van der Waals surface area contributed by atoms with Crippen LogP contribution in [0.3, 0.4) is 0 Å². The summed E-state index contributed by atoms with van der Waals surface area (Å²) >= 11 is 0. The molecular weight excluding hydrogens is 248 g/mol. The van der Waals surface area contributed by atoms with Crippen LogP contribution >= 0.6 is 0 Å². The van der Waals surface area contributed by atoms with E-state index in [0.717, 1.165) is 32.3 Å². The van der Waals surface area contributed by atoms with Crippen molar-refractivity contribution in [2.75, 3.05) is 5.73 Å². The summed E-state index contributed by atoms with van der Waals surface area (Å²) in [7, 11) is 0. The fraction of sp³-hybridized carbons (Fsp3) is 0. The molecule has 0 aliphatic rings. The number of amides is 1. The molecule has 4 aromatic rings. The molecule has 0 aliphatic carbocycles. The van der Waals surface area contributed by atoms with Crippen LogP contribution in [0.5, 0.6) is 0 Å². The molecular formula is C17H12N2O. The summed E-state index contributed by atoms with van der Waals surface area (Å²) in [6, 6.07) is 15.8. The van der Waals surface area contributed by atoms with Crippen LogP contribution in [0.25, 0.3) is 32.3 Å². The van der Waals surface area contributed by atoms with Gasteiger partial charge in [-0.05, 0) is 33.7 Å². The Balaban J connectivity index is 2.45. The average molecular weight is 260 g/mol. The molecule has 1 amide bonds. The van der Waals surface area contributed by atoms with Gasteiger partial charge in [0.05, 0.1) is 0 Å². The van der Waals surface area contributed by atoms with E-state index in [2.05, 4.69) is 12.1 Å². The monoisotopic (exact) mass is 260 g/mol. The second-order valence-corrected chi connectivity index (χ2v) is 5.06. The van der Waals surface area contributed by atoms with Gasteiger partial charge in [0, 0.05) is 22.0 Å². The normalized spacial score (nSPS) is 11.6. The second kappa shape index (κ2) is 3.61. The van der Waals surface area contributed by atoms with Crippen LogP contribution in [0.15, 0.2) is 48.5 Å². The van der Waals surface area contributed by atoms with Crippen molar-refractivity contribution in [3.8, 4) is 0 Å². The summed E-state index contributed by atoms with van der Waals surface area (Å²) in [4.78, 5) is 11.8. The van der Waals surface area contributed by atoms with Gasteiger partial charge in [0.15, 0.2) is 0 Å². The van der Waals surface area contributed by atoms with Crippen molar-refractivity contribution < 1.29 is 4.79 Å². The summed E-state index contributed by atoms with van der Waals surface area (Å²) in [6.07, 6.45) is 0. The maximum atomic E-state index is 11.8. The summed E-state index contributed by atoms with van der Waals surface area (Å²) < 4.78 is 0. The van der Waals surface area contributed by atoms with Gasteiger partial charge in [-0.2, -0.15) is 0 Å². The van der Waals surface area contributed by atoms with E-state index >= 15 is 0 Å². The molecule has 0 radical (unpaired) electrons. The van der Waals surface area contributed by atoms with Gasteiger partial charge in [-0.1, -0.05) is 36.4 Å². The van der Waals surface area contributed by atoms with E-state index in [9.17, 15) is 4.79 Å². The molecule has 3 heteroatoms. The zero-order valence-electron chi connectivity index (χ0n) is 10.7. The molecule has 0 aliphatic heterocycles. The quantitative estimate of drug-likeness (QED) is 0.407. The molecule has 0 unspecified atom stereocenters. The minimum absolute atomic E-state index is 0.448. The van der Waals surface area contributed by atoms with Crippen LogP contribution in [0.2, 0.25) is 0 Å². The number of rotatable bonds is 1. The van der Waals surface area contributed by atoms with Gasteiger partial charge in [-0.3, -0.25) is 4.79 Å². The number of benzene rings is 4. The Kier molecular flexibility index (Phi) is 1.99. The smallest absolute Gasteiger partial charge is 0.249 e. The fourth-order valence-electron chi connectivity index (χ4n) is 3.07. The van der Waals surface area contributed by atoms with Crippen molar-refractivity contribution in [3.05, 3.63) is 54.1 Å². The highest BCUT2D eigenvalue weighted by Gasteiger charge is 2.16. The van der Waals surface area contributed by atoms with Crippen molar-refractivity contribution in [2.24, 2.45) is 5.73 Å². The number of carbonyl (C=O) groups is 1. The first-order valence-electron chi connectivity index (χ1n) is 6.42. The number of hydrogen-bond donors (Lipinski definition) is 2. The van der Waals surface area contributed by atoms with Gasteiger partial charge < -0.3 is 11.5 Å². The number of carbonyl (C=O) groups excluding carboxylic acids is 1. The van der Waals surface area contributed by atoms with Crippen molar-refractivity contribution in [3.63, 3.8) is 0 Å². The largest absolute Gasteiger partial charge is 0.398 e. The van der Waals surface area contributed by atoms with Crippen molar-refractivity contribution in [1.29, 1.82) is 0 Å². The summed E-state index contributed by atoms with van der Waals surface area (Å²) in [6.45, 7) is 0. The predicted molar refractivity (Wildman–Crippen MR) is 83.1 cm³/mol. The lowest BCUT2D eigenvalue weighted by molar-refractivity contribution is 0.100. The Bertz CT molecular complexity index is 988. The standard InChI is InChI=1S/C17H12N2O/c18-13-7-6-10-5-4-9-2-1-3-11-8-12(17(19)20)16(13)15(10)14(9)11/h1-8H,18H2,(H2,19,20). The highest BCUT2D eigenvalue weighted by atomic mass is 16.1. The first kappa shape index (κ1) is 11.1. The molecule has 0 bridgehead atoms. The lowest BCUT2D eigenvalue weighted by Gasteiger charge is -2.14. The van der Waals surface area contributed by atoms with E-state index in [1.807, 2.05) is 36.4 Å². The lowest BCUT2D eigenvalue weighted by Crippen LogP contribution is -2.12. The van der Waals surface area contributed by atoms with Gasteiger partial charge >= 0.3 is 0 Å². The SMILES string of the molecule is NC(=O)c1cc2cccc3ccc4ccc(N)c1c4c32. The molecule has 0 fully saturated rings. The van der Waals surface area contributed by atoms with E-state index in [4.69, 9.17) is 11.5 Å². The molecule has 0 saturated heterocycles. The fourth-order valence-corrected chi connectivity index (χ4v) is 3.07. The minimum atomic E-state index is -0.448. The number of primary amides is 1. The first-order valence-corrected chi connectivity index (χ1v) is 6.42. The zero-order valence-corrected chi connectivity index (χ0v) is 10.7. The van der Waals surface area contributed by atoms with Crippen LogP contribution in [0.4, 0.5) is 5.69 Å². The van der Waals surface area contributed by atoms with E-state index in [1.165, 1.54) is 0 Å². The van der Waals surface area contributed by atoms with Gasteiger partial charge in [-0.25, -0.2) is 0 Å². The van der Waals surface area contributed by atoms with E-state index in [1.54, 1.807) is 0 Å². The molecule has 4 aromatic carbocycles. The molecule has 4 rings (SSSR count). The van der Waals surface area contributed by atoms with Gasteiger partial charge in [-0.15, -0.1) is 0 Å². The molecule has 96 valence electrons. The number of anilines is 1. The minimum Gasteiger partial charge on any atom is -0.398 e. The van der Waals surface area contributed by atoms with Crippen LogP contribution in [0, 0.1) is 0 Å². The third kappa shape index (κ3) is 1.26. The maximum absolute atomic E-state index is 11.8. The van der Waals surface area contributed by atoms with E-state index < -0.39 is 5.91 Å². The van der Waals surface area contributed by atoms with Crippen LogP contribution in [0.1, 0.15) is 10.4 Å². The number of hydrogen-bond acceptors (Lipinski definition) is 2. The molecule has 0 spiro atoms. The van der Waals surface area contributed by atoms with Crippen molar-refractivity contribution >= 4 is 43.9 Å². The average Bonchev–Trinajstić information content (AvgIpc) is 2.46. The molecule has 0 heterocycles. The van der Waals surface area contributed by atoms with Crippen LogP contribution < -0.4 is 11.5 Å². The summed E-state index contributed by atoms with van der Waals surface area (Å²) in [5.74, 6) is -0.448. The summed E-state index contributed by atoms with van der Waals surface area (Å²) in [5.41, 5.74) is 12.7. The van der Waals surface area contributed by atoms with Crippen molar-refractivity contribution in [1.82, 2.24) is 0 Å². The molecule has 0 aromatic heterocycles. The summed E-state index contributed by atoms with van der Waals surface area (Å²) in [5, 5.41) is 6.15. The van der Waals surface area contributed by atoms with Crippen molar-refractivity contribution in [2.45, 2.75) is 0 Å². The van der Waals surface area contributed by atoms with E-state index in [-0.39, 0.29) is 0 Å². The third-order valence-electron chi connectivity index (χ3n) is 3.93. The second-order valence-electron chi connectivity index (χ2n) is 5.06. The first-order chi connectivity index (χ1) is 9.66. The molecule has 4 N–H and O–H groups in total. The lowest BCUT2D eigenvalue weighted by atomic mass is 9.90. The molecule has 0 saturated carbocycles. The Morgan fingerprint density at radius 2 is 1.45 bits per heavy atom. The topological polar surface area (TPSA) is 69.1 Å². The Labute approximate surface area is 115 Å². The predicted octanol–water partition coefficient (Wildman–Crippen LogP) is 3.27. The molecule has 3 nitrogen and oxygen atoms in total. The highest BCUT2D eigenvalue weighted by Crippen LogP contribution is 2.38.